The molecular formula is C16H19ClN2O4. The molecule has 1 fully saturated rings. The van der Waals surface area contributed by atoms with Crippen LogP contribution in [0, 0.1) is 0 Å². The molecule has 7 heteroatoms. The van der Waals surface area contributed by atoms with Gasteiger partial charge in [-0.05, 0) is 31.4 Å². The van der Waals surface area contributed by atoms with Crippen molar-refractivity contribution in [3.8, 4) is 0 Å². The van der Waals surface area contributed by atoms with Crippen LogP contribution in [0.3, 0.4) is 0 Å². The molecule has 0 bridgehead atoms. The number of hydrogen-bond donors (Lipinski definition) is 2. The Balaban J connectivity index is 1.84. The SMILES string of the molecule is O=C(O)CCCCC(=O)NC1CCN(c2ccccc2Cl)C1=O. The molecule has 1 saturated heterocycles. The summed E-state index contributed by atoms with van der Waals surface area (Å²) in [5.41, 5.74) is 0.650. The molecule has 2 rings (SSSR count). The van der Waals surface area contributed by atoms with E-state index >= 15 is 0 Å². The Morgan fingerprint density at radius 2 is 1.96 bits per heavy atom. The monoisotopic (exact) mass is 338 g/mol. The van der Waals surface area contributed by atoms with Gasteiger partial charge in [-0.1, -0.05) is 23.7 Å². The van der Waals surface area contributed by atoms with Crippen LogP contribution in [-0.2, 0) is 14.4 Å². The molecule has 2 N–H and O–H groups in total. The highest BCUT2D eigenvalue weighted by Crippen LogP contribution is 2.28. The van der Waals surface area contributed by atoms with Gasteiger partial charge in [0.1, 0.15) is 6.04 Å². The molecule has 1 atom stereocenters. The molecule has 1 unspecified atom stereocenters. The zero-order chi connectivity index (χ0) is 16.8. The number of nitrogens with one attached hydrogen (secondary N) is 1. The molecule has 0 radical (unpaired) electrons. The largest absolute Gasteiger partial charge is 0.481 e. The number of nitrogens with zero attached hydrogens (tertiary/aromatic N) is 1. The van der Waals surface area contributed by atoms with Crippen molar-refractivity contribution >= 4 is 35.1 Å². The minimum absolute atomic E-state index is 0.0515. The molecule has 2 amide bonds. The number of para-hydroxylation sites is 1. The number of halogens is 1. The minimum Gasteiger partial charge on any atom is -0.481 e. The average Bonchev–Trinajstić information content (AvgIpc) is 2.85. The predicted octanol–water partition coefficient (Wildman–Crippen LogP) is 2.21. The van der Waals surface area contributed by atoms with Gasteiger partial charge in [-0.3, -0.25) is 14.4 Å². The van der Waals surface area contributed by atoms with Crippen LogP contribution < -0.4 is 10.2 Å². The van der Waals surface area contributed by atoms with Crippen LogP contribution >= 0.6 is 11.6 Å². The van der Waals surface area contributed by atoms with Crippen LogP contribution in [0.4, 0.5) is 5.69 Å². The first kappa shape index (κ1) is 17.3. The van der Waals surface area contributed by atoms with Gasteiger partial charge < -0.3 is 15.3 Å². The van der Waals surface area contributed by atoms with Crippen LogP contribution in [0.5, 0.6) is 0 Å². The normalized spacial score (nSPS) is 17.3. The van der Waals surface area contributed by atoms with Crippen molar-refractivity contribution in [2.24, 2.45) is 0 Å². The highest BCUT2D eigenvalue weighted by atomic mass is 35.5. The van der Waals surface area contributed by atoms with Crippen molar-refractivity contribution in [1.29, 1.82) is 0 Å². The van der Waals surface area contributed by atoms with E-state index in [1.165, 1.54) is 0 Å². The maximum absolute atomic E-state index is 12.4. The predicted molar refractivity (Wildman–Crippen MR) is 86.5 cm³/mol. The summed E-state index contributed by atoms with van der Waals surface area (Å²) >= 11 is 6.10. The molecule has 0 aliphatic carbocycles. The third kappa shape index (κ3) is 4.69. The average molecular weight is 339 g/mol. The van der Waals surface area contributed by atoms with Crippen LogP contribution in [0.15, 0.2) is 24.3 Å². The number of hydrogen-bond acceptors (Lipinski definition) is 3. The van der Waals surface area contributed by atoms with E-state index in [0.29, 0.717) is 36.5 Å². The third-order valence-corrected chi connectivity index (χ3v) is 4.05. The van der Waals surface area contributed by atoms with Crippen molar-refractivity contribution in [2.75, 3.05) is 11.4 Å². The Labute approximate surface area is 139 Å². The van der Waals surface area contributed by atoms with Gasteiger partial charge in [0.2, 0.25) is 11.8 Å². The van der Waals surface area contributed by atoms with E-state index in [0.717, 1.165) is 0 Å². The second-order valence-corrected chi connectivity index (χ2v) is 5.86. The summed E-state index contributed by atoms with van der Waals surface area (Å²) in [5, 5.41) is 11.8. The Bertz CT molecular complexity index is 605. The Morgan fingerprint density at radius 3 is 2.65 bits per heavy atom. The van der Waals surface area contributed by atoms with E-state index in [1.54, 1.807) is 23.1 Å². The van der Waals surface area contributed by atoms with E-state index in [2.05, 4.69) is 5.32 Å². The van der Waals surface area contributed by atoms with Crippen LogP contribution in [0.1, 0.15) is 32.1 Å². The molecule has 0 aromatic heterocycles. The fourth-order valence-electron chi connectivity index (χ4n) is 2.55. The standard InChI is InChI=1S/C16H19ClN2O4/c17-11-5-1-2-6-13(11)19-10-9-12(16(19)23)18-14(20)7-3-4-8-15(21)22/h1-2,5-6,12H,3-4,7-10H2,(H,18,20)(H,21,22). The molecule has 124 valence electrons. The van der Waals surface area contributed by atoms with Gasteiger partial charge in [0.15, 0.2) is 0 Å². The van der Waals surface area contributed by atoms with Crippen molar-refractivity contribution in [3.63, 3.8) is 0 Å². The zero-order valence-corrected chi connectivity index (χ0v) is 13.4. The van der Waals surface area contributed by atoms with Crippen LogP contribution in [0.2, 0.25) is 5.02 Å². The summed E-state index contributed by atoms with van der Waals surface area (Å²) in [4.78, 5) is 36.2. The molecule has 1 heterocycles. The number of anilines is 1. The molecule has 6 nitrogen and oxygen atoms in total. The molecule has 23 heavy (non-hydrogen) atoms. The topological polar surface area (TPSA) is 86.7 Å². The van der Waals surface area contributed by atoms with Crippen LogP contribution in [0.25, 0.3) is 0 Å². The summed E-state index contributed by atoms with van der Waals surface area (Å²) in [6.45, 7) is 0.506. The fourth-order valence-corrected chi connectivity index (χ4v) is 2.79. The quantitative estimate of drug-likeness (QED) is 0.746. The number of aliphatic carboxylic acids is 1. The lowest BCUT2D eigenvalue weighted by molar-refractivity contribution is -0.137. The number of amides is 2. The first-order chi connectivity index (χ1) is 11.0. The molecule has 1 aliphatic heterocycles. The Kier molecular flexibility index (Phi) is 5.98. The molecule has 1 aliphatic rings. The number of carbonyl (C=O) groups is 3. The minimum atomic E-state index is -0.869. The molecule has 0 spiro atoms. The molecule has 1 aromatic carbocycles. The van der Waals surface area contributed by atoms with Crippen molar-refractivity contribution < 1.29 is 19.5 Å². The molecule has 0 saturated carbocycles. The Morgan fingerprint density at radius 1 is 1.26 bits per heavy atom. The lowest BCUT2D eigenvalue weighted by atomic mass is 10.1. The smallest absolute Gasteiger partial charge is 0.303 e. The summed E-state index contributed by atoms with van der Waals surface area (Å²) in [6, 6.07) is 6.55. The number of unbranched alkanes of at least 4 members (excludes halogenated alkanes) is 1. The number of carbonyl (C=O) groups excluding carboxylic acids is 2. The maximum atomic E-state index is 12.4. The first-order valence-corrected chi connectivity index (χ1v) is 7.94. The number of carboxylic acid groups (broad SMARTS) is 1. The zero-order valence-electron chi connectivity index (χ0n) is 12.6. The maximum Gasteiger partial charge on any atom is 0.303 e. The van der Waals surface area contributed by atoms with E-state index in [4.69, 9.17) is 16.7 Å². The van der Waals surface area contributed by atoms with Gasteiger partial charge >= 0.3 is 5.97 Å². The van der Waals surface area contributed by atoms with Crippen molar-refractivity contribution in [2.45, 2.75) is 38.1 Å². The fraction of sp³-hybridized carbons (Fsp3) is 0.438. The summed E-state index contributed by atoms with van der Waals surface area (Å²) < 4.78 is 0. The van der Waals surface area contributed by atoms with Crippen molar-refractivity contribution in [1.82, 2.24) is 5.32 Å². The second-order valence-electron chi connectivity index (χ2n) is 5.45. The van der Waals surface area contributed by atoms with Crippen LogP contribution in [-0.4, -0.2) is 35.5 Å². The number of rotatable bonds is 7. The molecular weight excluding hydrogens is 320 g/mol. The lowest BCUT2D eigenvalue weighted by Gasteiger charge is -2.18. The third-order valence-electron chi connectivity index (χ3n) is 3.73. The summed E-state index contributed by atoms with van der Waals surface area (Å²) in [6.07, 6.45) is 1.75. The second kappa shape index (κ2) is 7.97. The molecule has 1 aromatic rings. The van der Waals surface area contributed by atoms with Gasteiger partial charge in [-0.15, -0.1) is 0 Å². The number of carboxylic acids is 1. The summed E-state index contributed by atoms with van der Waals surface area (Å²) in [5.74, 6) is -1.27. The highest BCUT2D eigenvalue weighted by molar-refractivity contribution is 6.34. The van der Waals surface area contributed by atoms with E-state index < -0.39 is 12.0 Å². The van der Waals surface area contributed by atoms with E-state index in [9.17, 15) is 14.4 Å². The van der Waals surface area contributed by atoms with Gasteiger partial charge in [0.05, 0.1) is 10.7 Å². The Hall–Kier alpha value is -2.08. The van der Waals surface area contributed by atoms with Gasteiger partial charge in [-0.25, -0.2) is 0 Å². The summed E-state index contributed by atoms with van der Waals surface area (Å²) in [7, 11) is 0. The highest BCUT2D eigenvalue weighted by Gasteiger charge is 2.34. The number of benzene rings is 1. The van der Waals surface area contributed by atoms with E-state index in [-0.39, 0.29) is 24.7 Å². The van der Waals surface area contributed by atoms with Gasteiger partial charge in [-0.2, -0.15) is 0 Å². The lowest BCUT2D eigenvalue weighted by Crippen LogP contribution is -2.41. The van der Waals surface area contributed by atoms with Crippen molar-refractivity contribution in [3.05, 3.63) is 29.3 Å². The van der Waals surface area contributed by atoms with E-state index in [1.807, 2.05) is 6.07 Å². The first-order valence-electron chi connectivity index (χ1n) is 7.56. The van der Waals surface area contributed by atoms with Gasteiger partial charge in [0, 0.05) is 19.4 Å². The van der Waals surface area contributed by atoms with Gasteiger partial charge in [0.25, 0.3) is 0 Å².